The van der Waals surface area contributed by atoms with Gasteiger partial charge in [-0.3, -0.25) is 9.78 Å². The van der Waals surface area contributed by atoms with E-state index in [1.54, 1.807) is 36.5 Å². The molecule has 1 atom stereocenters. The number of carbonyl (C=O) groups is 2. The predicted molar refractivity (Wildman–Crippen MR) is 118 cm³/mol. The van der Waals surface area contributed by atoms with Gasteiger partial charge in [-0.1, -0.05) is 12.1 Å². The van der Waals surface area contributed by atoms with E-state index in [-0.39, 0.29) is 24.5 Å². The van der Waals surface area contributed by atoms with Crippen LogP contribution in [0.1, 0.15) is 34.1 Å². The van der Waals surface area contributed by atoms with Gasteiger partial charge >= 0.3 is 6.09 Å². The summed E-state index contributed by atoms with van der Waals surface area (Å²) < 4.78 is 42.7. The van der Waals surface area contributed by atoms with E-state index in [1.165, 1.54) is 13.2 Å². The molecule has 0 bridgehead atoms. The summed E-state index contributed by atoms with van der Waals surface area (Å²) in [5.41, 5.74) is 1.42. The van der Waals surface area contributed by atoms with Crippen molar-refractivity contribution in [2.45, 2.75) is 19.1 Å². The molecule has 0 unspecified atom stereocenters. The van der Waals surface area contributed by atoms with Crippen molar-refractivity contribution in [3.63, 3.8) is 0 Å². The highest BCUT2D eigenvalue weighted by atomic mass is 19.2. The second kappa shape index (κ2) is 10.2. The minimum Gasteiger partial charge on any atom is -0.497 e. The number of hydrogen-bond donors (Lipinski definition) is 2. The molecule has 2 N–H and O–H groups in total. The van der Waals surface area contributed by atoms with Crippen molar-refractivity contribution in [1.29, 1.82) is 0 Å². The fraction of sp³-hybridized carbons (Fsp3) is 0.208. The number of amides is 2. The molecule has 1 aliphatic rings. The number of halogens is 2. The van der Waals surface area contributed by atoms with E-state index in [0.29, 0.717) is 29.2 Å². The molecule has 2 amide bonds. The lowest BCUT2D eigenvalue weighted by molar-refractivity contribution is 0.102. The molecule has 0 fully saturated rings. The molecule has 0 saturated heterocycles. The van der Waals surface area contributed by atoms with Crippen LogP contribution in [0.2, 0.25) is 0 Å². The standard InChI is InChI=1S/C24H21F2N3O5/c1-32-16-7-9-27-15(11-16)13-34-24(31)29-21-8-10-33-22-17(21)3-2-4-18(22)23(30)28-14-5-6-19(25)20(26)12-14/h2-7,9,11-12,21H,8,10,13H2,1H3,(H,28,30)(H,29,31)/t21-/m0/s1. The number of aromatic nitrogens is 1. The number of pyridine rings is 1. The minimum absolute atomic E-state index is 0.0458. The van der Waals surface area contributed by atoms with Gasteiger partial charge in [0.15, 0.2) is 11.6 Å². The van der Waals surface area contributed by atoms with Gasteiger partial charge in [0.2, 0.25) is 0 Å². The van der Waals surface area contributed by atoms with Gasteiger partial charge in [0.05, 0.1) is 31.0 Å². The highest BCUT2D eigenvalue weighted by molar-refractivity contribution is 6.06. The molecule has 0 aliphatic carbocycles. The number of methoxy groups -OCH3 is 1. The lowest BCUT2D eigenvalue weighted by atomic mass is 9.97. The van der Waals surface area contributed by atoms with Crippen LogP contribution in [-0.4, -0.2) is 30.7 Å². The number of fused-ring (bicyclic) bond motifs is 1. The number of nitrogens with zero attached hydrogens (tertiary/aromatic N) is 1. The highest BCUT2D eigenvalue weighted by Gasteiger charge is 2.27. The van der Waals surface area contributed by atoms with Gasteiger partial charge in [-0.2, -0.15) is 0 Å². The van der Waals surface area contributed by atoms with Crippen LogP contribution in [-0.2, 0) is 11.3 Å². The number of para-hydroxylation sites is 1. The molecule has 0 saturated carbocycles. The maximum Gasteiger partial charge on any atom is 0.408 e. The monoisotopic (exact) mass is 469 g/mol. The van der Waals surface area contributed by atoms with E-state index in [4.69, 9.17) is 14.2 Å². The largest absolute Gasteiger partial charge is 0.497 e. The summed E-state index contributed by atoms with van der Waals surface area (Å²) in [6.45, 7) is 0.209. The molecule has 3 aromatic rings. The van der Waals surface area contributed by atoms with Crippen molar-refractivity contribution in [1.82, 2.24) is 10.3 Å². The van der Waals surface area contributed by atoms with Gasteiger partial charge in [0, 0.05) is 36.0 Å². The quantitative estimate of drug-likeness (QED) is 0.556. The smallest absolute Gasteiger partial charge is 0.408 e. The van der Waals surface area contributed by atoms with Crippen molar-refractivity contribution in [3.8, 4) is 11.5 Å². The molecular formula is C24H21F2N3O5. The molecule has 34 heavy (non-hydrogen) atoms. The Morgan fingerprint density at radius 1 is 1.15 bits per heavy atom. The molecule has 2 heterocycles. The van der Waals surface area contributed by atoms with Crippen molar-refractivity contribution in [2.24, 2.45) is 0 Å². The van der Waals surface area contributed by atoms with Crippen LogP contribution >= 0.6 is 0 Å². The van der Waals surface area contributed by atoms with Crippen LogP contribution in [0.4, 0.5) is 19.3 Å². The molecular weight excluding hydrogens is 448 g/mol. The number of anilines is 1. The fourth-order valence-electron chi connectivity index (χ4n) is 3.51. The van der Waals surface area contributed by atoms with Crippen LogP contribution in [0.15, 0.2) is 54.7 Å². The first-order valence-corrected chi connectivity index (χ1v) is 10.4. The first-order chi connectivity index (χ1) is 16.4. The highest BCUT2D eigenvalue weighted by Crippen LogP contribution is 2.35. The zero-order valence-corrected chi connectivity index (χ0v) is 18.1. The molecule has 4 rings (SSSR count). The van der Waals surface area contributed by atoms with E-state index in [1.807, 2.05) is 0 Å². The number of nitrogens with one attached hydrogen (secondary N) is 2. The minimum atomic E-state index is -1.07. The lowest BCUT2D eigenvalue weighted by Gasteiger charge is -2.27. The molecule has 0 radical (unpaired) electrons. The van der Waals surface area contributed by atoms with Crippen LogP contribution in [0, 0.1) is 11.6 Å². The Bertz CT molecular complexity index is 1220. The number of rotatable bonds is 6. The summed E-state index contributed by atoms with van der Waals surface area (Å²) in [5.74, 6) is -1.75. The van der Waals surface area contributed by atoms with Crippen molar-refractivity contribution >= 4 is 17.7 Å². The van der Waals surface area contributed by atoms with Gasteiger partial charge in [0.25, 0.3) is 5.91 Å². The summed E-state index contributed by atoms with van der Waals surface area (Å²) in [4.78, 5) is 29.3. The number of ether oxygens (including phenoxy) is 3. The zero-order chi connectivity index (χ0) is 24.1. The predicted octanol–water partition coefficient (Wildman–Crippen LogP) is 4.37. The van der Waals surface area contributed by atoms with Gasteiger partial charge in [-0.15, -0.1) is 0 Å². The Morgan fingerprint density at radius 2 is 2.00 bits per heavy atom. The first kappa shape index (κ1) is 23.0. The summed E-state index contributed by atoms with van der Waals surface area (Å²) >= 11 is 0. The van der Waals surface area contributed by atoms with Crippen molar-refractivity contribution in [2.75, 3.05) is 19.0 Å². The molecule has 0 spiro atoms. The van der Waals surface area contributed by atoms with E-state index < -0.39 is 29.7 Å². The van der Waals surface area contributed by atoms with Gasteiger partial charge in [-0.25, -0.2) is 13.6 Å². The maximum atomic E-state index is 13.5. The summed E-state index contributed by atoms with van der Waals surface area (Å²) in [7, 11) is 1.53. The van der Waals surface area contributed by atoms with Crippen molar-refractivity contribution < 1.29 is 32.6 Å². The maximum absolute atomic E-state index is 13.5. The number of alkyl carbamates (subject to hydrolysis) is 1. The first-order valence-electron chi connectivity index (χ1n) is 10.4. The SMILES string of the molecule is COc1ccnc(COC(=O)N[C@H]2CCOc3c(C(=O)Nc4ccc(F)c(F)c4)cccc32)c1. The molecule has 8 nitrogen and oxygen atoms in total. The van der Waals surface area contributed by atoms with Gasteiger partial charge in [-0.05, 0) is 24.3 Å². The van der Waals surface area contributed by atoms with Crippen molar-refractivity contribution in [3.05, 3.63) is 83.2 Å². The second-order valence-corrected chi connectivity index (χ2v) is 7.40. The topological polar surface area (TPSA) is 98.8 Å². The second-order valence-electron chi connectivity index (χ2n) is 7.40. The third-order valence-electron chi connectivity index (χ3n) is 5.16. The Kier molecular flexibility index (Phi) is 6.86. The molecule has 10 heteroatoms. The Balaban J connectivity index is 1.44. The summed E-state index contributed by atoms with van der Waals surface area (Å²) in [5, 5.41) is 5.31. The third kappa shape index (κ3) is 5.22. The zero-order valence-electron chi connectivity index (χ0n) is 18.1. The normalized spacial score (nSPS) is 14.4. The van der Waals surface area contributed by atoms with E-state index in [0.717, 1.165) is 12.1 Å². The number of benzene rings is 2. The summed E-state index contributed by atoms with van der Waals surface area (Å²) in [6, 6.07) is 10.9. The number of hydrogen-bond acceptors (Lipinski definition) is 6. The lowest BCUT2D eigenvalue weighted by Crippen LogP contribution is -2.33. The van der Waals surface area contributed by atoms with E-state index in [9.17, 15) is 18.4 Å². The summed E-state index contributed by atoms with van der Waals surface area (Å²) in [6.07, 6.45) is 1.37. The number of carbonyl (C=O) groups excluding carboxylic acids is 2. The van der Waals surface area contributed by atoms with Gasteiger partial charge in [0.1, 0.15) is 18.1 Å². The van der Waals surface area contributed by atoms with E-state index >= 15 is 0 Å². The van der Waals surface area contributed by atoms with Crippen LogP contribution in [0.5, 0.6) is 11.5 Å². The Hall–Kier alpha value is -4.21. The van der Waals surface area contributed by atoms with E-state index in [2.05, 4.69) is 15.6 Å². The molecule has 1 aromatic heterocycles. The molecule has 1 aliphatic heterocycles. The average Bonchev–Trinajstić information content (AvgIpc) is 2.85. The van der Waals surface area contributed by atoms with Crippen LogP contribution in [0.3, 0.4) is 0 Å². The third-order valence-corrected chi connectivity index (χ3v) is 5.16. The molecule has 176 valence electrons. The fourth-order valence-corrected chi connectivity index (χ4v) is 3.51. The van der Waals surface area contributed by atoms with Crippen LogP contribution < -0.4 is 20.1 Å². The van der Waals surface area contributed by atoms with Crippen LogP contribution in [0.25, 0.3) is 0 Å². The Labute approximate surface area is 193 Å². The van der Waals surface area contributed by atoms with Gasteiger partial charge < -0.3 is 24.8 Å². The molecule has 2 aromatic carbocycles. The average molecular weight is 469 g/mol. The Morgan fingerprint density at radius 3 is 2.79 bits per heavy atom.